The van der Waals surface area contributed by atoms with Crippen molar-refractivity contribution in [2.24, 2.45) is 0 Å². The third-order valence-corrected chi connectivity index (χ3v) is 3.94. The molecule has 1 aliphatic heterocycles. The maximum Gasteiger partial charge on any atom is 0.133 e. The summed E-state index contributed by atoms with van der Waals surface area (Å²) in [4.78, 5) is 0. The van der Waals surface area contributed by atoms with E-state index in [9.17, 15) is 5.11 Å². The molecule has 0 unspecified atom stereocenters. The molecule has 0 radical (unpaired) electrons. The number of halogens is 2. The first kappa shape index (κ1) is 10.9. The van der Waals surface area contributed by atoms with Gasteiger partial charge in [-0.1, -0.05) is 0 Å². The Hall–Kier alpha value is 0.440. The fourth-order valence-corrected chi connectivity index (χ4v) is 3.69. The molecule has 0 bridgehead atoms. The second-order valence-electron chi connectivity index (χ2n) is 3.47. The summed E-state index contributed by atoms with van der Waals surface area (Å²) < 4.78 is 2.13. The molecule has 14 heavy (non-hydrogen) atoms. The van der Waals surface area contributed by atoms with Crippen LogP contribution in [0.3, 0.4) is 0 Å². The zero-order chi connectivity index (χ0) is 10.1. The SMILES string of the molecule is Oc1c(I)cc(I)cc1[C@@H]1CCCN1. The fourth-order valence-electron chi connectivity index (χ4n) is 1.80. The Kier molecular flexibility index (Phi) is 3.54. The molecule has 4 heteroatoms. The van der Waals surface area contributed by atoms with Crippen molar-refractivity contribution in [1.82, 2.24) is 5.32 Å². The molecule has 1 aliphatic rings. The fraction of sp³-hybridized carbons (Fsp3) is 0.400. The minimum atomic E-state index is 0.346. The van der Waals surface area contributed by atoms with E-state index in [0.717, 1.165) is 22.1 Å². The van der Waals surface area contributed by atoms with Crippen LogP contribution in [-0.2, 0) is 0 Å². The molecule has 0 spiro atoms. The van der Waals surface area contributed by atoms with E-state index < -0.39 is 0 Å². The van der Waals surface area contributed by atoms with Crippen molar-refractivity contribution in [2.75, 3.05) is 6.54 Å². The molecule has 0 aliphatic carbocycles. The van der Waals surface area contributed by atoms with Gasteiger partial charge in [0.05, 0.1) is 3.57 Å². The Morgan fingerprint density at radius 3 is 2.79 bits per heavy atom. The van der Waals surface area contributed by atoms with Crippen molar-refractivity contribution in [3.05, 3.63) is 24.8 Å². The first-order valence-corrected chi connectivity index (χ1v) is 6.75. The maximum absolute atomic E-state index is 9.93. The van der Waals surface area contributed by atoms with Gasteiger partial charge in [-0.15, -0.1) is 0 Å². The number of phenolic OH excluding ortho intramolecular Hbond substituents is 1. The molecule has 2 nitrogen and oxygen atoms in total. The molecule has 1 heterocycles. The van der Waals surface area contributed by atoms with Gasteiger partial charge in [-0.3, -0.25) is 0 Å². The molecule has 1 aromatic carbocycles. The van der Waals surface area contributed by atoms with Crippen molar-refractivity contribution in [1.29, 1.82) is 0 Å². The Labute approximate surface area is 111 Å². The predicted molar refractivity (Wildman–Crippen MR) is 73.5 cm³/mol. The highest BCUT2D eigenvalue weighted by atomic mass is 127. The highest BCUT2D eigenvalue weighted by molar-refractivity contribution is 14.1. The second kappa shape index (κ2) is 4.52. The normalized spacial score (nSPS) is 21.4. The minimum Gasteiger partial charge on any atom is -0.506 e. The molecule has 2 N–H and O–H groups in total. The molecule has 1 atom stereocenters. The smallest absolute Gasteiger partial charge is 0.133 e. The summed E-state index contributed by atoms with van der Waals surface area (Å²) in [6, 6.07) is 4.41. The minimum absolute atomic E-state index is 0.346. The summed E-state index contributed by atoms with van der Waals surface area (Å²) in [5, 5.41) is 13.3. The molecule has 1 aromatic rings. The monoisotopic (exact) mass is 415 g/mol. The number of aromatic hydroxyl groups is 1. The van der Waals surface area contributed by atoms with Crippen LogP contribution in [0.15, 0.2) is 12.1 Å². The lowest BCUT2D eigenvalue weighted by atomic mass is 10.0. The average molecular weight is 415 g/mol. The zero-order valence-electron chi connectivity index (χ0n) is 7.56. The molecule has 0 aromatic heterocycles. The molecule has 1 fully saturated rings. The number of hydrogen-bond acceptors (Lipinski definition) is 2. The number of nitrogens with one attached hydrogen (secondary N) is 1. The van der Waals surface area contributed by atoms with Crippen LogP contribution in [0.5, 0.6) is 5.75 Å². The van der Waals surface area contributed by atoms with E-state index in [2.05, 4.69) is 56.6 Å². The summed E-state index contributed by atoms with van der Waals surface area (Å²) in [5.74, 6) is 0.449. The maximum atomic E-state index is 9.93. The van der Waals surface area contributed by atoms with E-state index in [1.54, 1.807) is 0 Å². The van der Waals surface area contributed by atoms with Crippen molar-refractivity contribution in [2.45, 2.75) is 18.9 Å². The standard InChI is InChI=1S/C10H11I2NO/c11-6-4-7(9-2-1-3-13-9)10(14)8(12)5-6/h4-5,9,13-14H,1-3H2/t9-/m0/s1. The Morgan fingerprint density at radius 2 is 2.14 bits per heavy atom. The Morgan fingerprint density at radius 1 is 1.36 bits per heavy atom. The van der Waals surface area contributed by atoms with Crippen molar-refractivity contribution >= 4 is 45.2 Å². The Balaban J connectivity index is 2.40. The van der Waals surface area contributed by atoms with E-state index in [1.165, 1.54) is 9.99 Å². The number of rotatable bonds is 1. The van der Waals surface area contributed by atoms with E-state index in [4.69, 9.17) is 0 Å². The van der Waals surface area contributed by atoms with Gasteiger partial charge in [-0.05, 0) is 76.7 Å². The van der Waals surface area contributed by atoms with Crippen molar-refractivity contribution in [3.63, 3.8) is 0 Å². The summed E-state index contributed by atoms with van der Waals surface area (Å²) in [5.41, 5.74) is 1.05. The molecule has 0 saturated carbocycles. The van der Waals surface area contributed by atoms with Crippen LogP contribution in [0, 0.1) is 7.14 Å². The van der Waals surface area contributed by atoms with Gasteiger partial charge in [0.2, 0.25) is 0 Å². The Bertz CT molecular complexity index is 348. The van der Waals surface area contributed by atoms with Crippen LogP contribution in [0.25, 0.3) is 0 Å². The highest BCUT2D eigenvalue weighted by Crippen LogP contribution is 2.34. The zero-order valence-corrected chi connectivity index (χ0v) is 11.9. The molecule has 76 valence electrons. The van der Waals surface area contributed by atoms with Crippen LogP contribution < -0.4 is 5.32 Å². The second-order valence-corrected chi connectivity index (χ2v) is 5.88. The van der Waals surface area contributed by atoms with Crippen LogP contribution in [0.2, 0.25) is 0 Å². The van der Waals surface area contributed by atoms with Crippen molar-refractivity contribution in [3.8, 4) is 5.75 Å². The summed E-state index contributed by atoms with van der Waals surface area (Å²) >= 11 is 4.47. The average Bonchev–Trinajstić information content (AvgIpc) is 2.63. The van der Waals surface area contributed by atoms with Crippen LogP contribution in [0.1, 0.15) is 24.4 Å². The van der Waals surface area contributed by atoms with Gasteiger partial charge in [0.15, 0.2) is 0 Å². The van der Waals surface area contributed by atoms with Gasteiger partial charge in [0, 0.05) is 15.2 Å². The molecular formula is C10H11I2NO. The molecule has 1 saturated heterocycles. The number of benzene rings is 1. The lowest BCUT2D eigenvalue weighted by molar-refractivity contribution is 0.453. The van der Waals surface area contributed by atoms with E-state index in [1.807, 2.05) is 6.07 Å². The van der Waals surface area contributed by atoms with Gasteiger partial charge in [-0.2, -0.15) is 0 Å². The topological polar surface area (TPSA) is 32.3 Å². The van der Waals surface area contributed by atoms with E-state index in [0.29, 0.717) is 11.8 Å². The van der Waals surface area contributed by atoms with E-state index in [-0.39, 0.29) is 0 Å². The molecule has 0 amide bonds. The largest absolute Gasteiger partial charge is 0.506 e. The van der Waals surface area contributed by atoms with Crippen LogP contribution >= 0.6 is 45.2 Å². The summed E-state index contributed by atoms with van der Waals surface area (Å²) in [6.45, 7) is 1.06. The lowest BCUT2D eigenvalue weighted by Crippen LogP contribution is -2.13. The summed E-state index contributed by atoms with van der Waals surface area (Å²) in [7, 11) is 0. The van der Waals surface area contributed by atoms with Crippen LogP contribution in [0.4, 0.5) is 0 Å². The van der Waals surface area contributed by atoms with E-state index >= 15 is 0 Å². The van der Waals surface area contributed by atoms with Gasteiger partial charge < -0.3 is 10.4 Å². The third kappa shape index (κ3) is 2.16. The van der Waals surface area contributed by atoms with Gasteiger partial charge in [0.1, 0.15) is 5.75 Å². The molecular weight excluding hydrogens is 404 g/mol. The predicted octanol–water partition coefficient (Wildman–Crippen LogP) is 3.03. The first-order chi connectivity index (χ1) is 6.68. The van der Waals surface area contributed by atoms with Gasteiger partial charge in [0.25, 0.3) is 0 Å². The number of hydrogen-bond donors (Lipinski definition) is 2. The first-order valence-electron chi connectivity index (χ1n) is 4.60. The molecule has 2 rings (SSSR count). The lowest BCUT2D eigenvalue weighted by Gasteiger charge is -2.14. The summed E-state index contributed by atoms with van der Waals surface area (Å²) in [6.07, 6.45) is 2.33. The third-order valence-electron chi connectivity index (χ3n) is 2.49. The van der Waals surface area contributed by atoms with Gasteiger partial charge in [-0.25, -0.2) is 0 Å². The number of phenols is 1. The van der Waals surface area contributed by atoms with Gasteiger partial charge >= 0.3 is 0 Å². The quantitative estimate of drug-likeness (QED) is 0.692. The van der Waals surface area contributed by atoms with Crippen molar-refractivity contribution < 1.29 is 5.11 Å². The highest BCUT2D eigenvalue weighted by Gasteiger charge is 2.20. The van der Waals surface area contributed by atoms with Crippen LogP contribution in [-0.4, -0.2) is 11.7 Å².